The predicted octanol–water partition coefficient (Wildman–Crippen LogP) is 2.16. The van der Waals surface area contributed by atoms with E-state index in [1.54, 1.807) is 0 Å². The van der Waals surface area contributed by atoms with Gasteiger partial charge in [0.05, 0.1) is 11.8 Å². The molecule has 1 aliphatic rings. The van der Waals surface area contributed by atoms with Crippen molar-refractivity contribution in [3.05, 3.63) is 35.4 Å². The maximum Gasteiger partial charge on any atom is 0.309 e. The molecule has 0 radical (unpaired) electrons. The molecule has 126 valence electrons. The second-order valence-electron chi connectivity index (χ2n) is 6.72. The van der Waals surface area contributed by atoms with Gasteiger partial charge in [0.2, 0.25) is 5.91 Å². The number of nitrogens with two attached hydrogens (primary N) is 1. The van der Waals surface area contributed by atoms with E-state index in [4.69, 9.17) is 6.15 Å². The number of hydrogen-bond donors (Lipinski definition) is 2. The highest BCUT2D eigenvalue weighted by atomic mass is 16.5. The number of carbonyl (C=O) groups is 2. The molecule has 1 aromatic rings. The van der Waals surface area contributed by atoms with Gasteiger partial charge in [-0.2, -0.15) is 0 Å². The highest BCUT2D eigenvalue weighted by Gasteiger charge is 2.36. The molecule has 1 aromatic carbocycles. The normalized spacial score (nSPS) is 18.7. The minimum atomic E-state index is -0.803. The minimum absolute atomic E-state index is 0.155. The zero-order valence-electron chi connectivity index (χ0n) is 14.5. The summed E-state index contributed by atoms with van der Waals surface area (Å²) < 4.78 is 12.2. The van der Waals surface area contributed by atoms with Gasteiger partial charge in [-0.15, -0.1) is 0 Å². The van der Waals surface area contributed by atoms with Crippen molar-refractivity contribution >= 4 is 11.9 Å². The number of carbonyl (C=O) groups excluding carboxylic acids is 1. The third-order valence-electron chi connectivity index (χ3n) is 4.58. The summed E-state index contributed by atoms with van der Waals surface area (Å²) in [5, 5.41) is 9.72. The lowest BCUT2D eigenvalue weighted by molar-refractivity contribution is -0.149. The van der Waals surface area contributed by atoms with Gasteiger partial charge in [0.15, 0.2) is 1.41 Å². The molecule has 1 amide bonds. The Labute approximate surface area is 138 Å². The van der Waals surface area contributed by atoms with Gasteiger partial charge in [0.25, 0.3) is 0 Å². The number of amides is 1. The molecule has 1 atom stereocenters. The Balaban J connectivity index is 2.03. The number of aliphatic carboxylic acids is 1. The van der Waals surface area contributed by atoms with E-state index in [1.807, 2.05) is 36.9 Å². The van der Waals surface area contributed by atoms with Crippen LogP contribution < -0.4 is 5.73 Å². The molecule has 5 nitrogen and oxygen atoms in total. The summed E-state index contributed by atoms with van der Waals surface area (Å²) >= 11 is 0. The fourth-order valence-corrected chi connectivity index (χ4v) is 3.23. The smallest absolute Gasteiger partial charge is 0.309 e. The molecule has 1 saturated heterocycles. The van der Waals surface area contributed by atoms with Gasteiger partial charge in [-0.05, 0) is 49.7 Å². The molecule has 23 heavy (non-hydrogen) atoms. The molecule has 5 heteroatoms. The van der Waals surface area contributed by atoms with Crippen LogP contribution in [0.3, 0.4) is 0 Å². The van der Waals surface area contributed by atoms with Gasteiger partial charge in [-0.25, -0.2) is 0 Å². The Morgan fingerprint density at radius 1 is 1.30 bits per heavy atom. The van der Waals surface area contributed by atoms with Gasteiger partial charge in [0.1, 0.15) is 0 Å². The highest BCUT2D eigenvalue weighted by Crippen LogP contribution is 2.34. The Morgan fingerprint density at radius 3 is 2.48 bits per heavy atom. The molecule has 0 bridgehead atoms. The molecule has 2 rings (SSSR count). The van der Waals surface area contributed by atoms with Gasteiger partial charge >= 0.3 is 5.97 Å². The van der Waals surface area contributed by atoms with Crippen molar-refractivity contribution in [3.8, 4) is 0 Å². The Morgan fingerprint density at radius 2 is 1.91 bits per heavy atom. The van der Waals surface area contributed by atoms with E-state index in [0.29, 0.717) is 32.0 Å². The summed E-state index contributed by atoms with van der Waals surface area (Å²) in [5.74, 6) is -0.746. The second kappa shape index (κ2) is 7.59. The molecule has 0 aromatic heterocycles. The molecular weight excluding hydrogens is 294 g/mol. The number of benzene rings is 1. The predicted molar refractivity (Wildman–Crippen MR) is 86.9 cm³/mol. The second-order valence-corrected chi connectivity index (χ2v) is 6.72. The summed E-state index contributed by atoms with van der Waals surface area (Å²) in [7, 11) is 0. The number of carboxylic acid groups (broad SMARTS) is 1. The molecule has 0 aliphatic carbocycles. The quantitative estimate of drug-likeness (QED) is 0.805. The van der Waals surface area contributed by atoms with E-state index >= 15 is 0 Å². The summed E-state index contributed by atoms with van der Waals surface area (Å²) in [5.41, 5.74) is 2.80. The molecule has 1 unspecified atom stereocenters. The molecule has 1 heterocycles. The average molecular weight is 320 g/mol. The Kier molecular flexibility index (Phi) is 5.28. The largest absolute Gasteiger partial charge is 0.481 e. The maximum absolute atomic E-state index is 11.8. The first-order valence-corrected chi connectivity index (χ1v) is 8.02. The van der Waals surface area contributed by atoms with Crippen LogP contribution in [0.15, 0.2) is 24.3 Å². The topological polar surface area (TPSA) is 89.6 Å². The number of rotatable bonds is 7. The van der Waals surface area contributed by atoms with E-state index in [9.17, 15) is 14.7 Å². The number of ether oxygens (including phenoxy) is 1. The lowest BCUT2D eigenvalue weighted by Gasteiger charge is -2.31. The SMILES string of the molecule is [2H]NC(=O)Cc1ccc(CC(C)(CC2CCOCC2)C(=O)O)cc1. The van der Waals surface area contributed by atoms with Crippen LogP contribution >= 0.6 is 0 Å². The van der Waals surface area contributed by atoms with E-state index in [2.05, 4.69) is 0 Å². The van der Waals surface area contributed by atoms with Gasteiger partial charge in [-0.1, -0.05) is 24.3 Å². The van der Waals surface area contributed by atoms with Crippen LogP contribution in [0.25, 0.3) is 0 Å². The summed E-state index contributed by atoms with van der Waals surface area (Å²) in [6, 6.07) is 7.39. The summed E-state index contributed by atoms with van der Waals surface area (Å²) in [6.45, 7) is 3.24. The number of hydrogen-bond acceptors (Lipinski definition) is 3. The highest BCUT2D eigenvalue weighted by molar-refractivity contribution is 5.76. The van der Waals surface area contributed by atoms with Gasteiger partial charge in [0, 0.05) is 13.2 Å². The van der Waals surface area contributed by atoms with Crippen molar-refractivity contribution in [1.29, 1.82) is 0 Å². The number of primary amides is 1. The zero-order valence-corrected chi connectivity index (χ0v) is 13.5. The molecule has 1 fully saturated rings. The van der Waals surface area contributed by atoms with Crippen molar-refractivity contribution in [2.75, 3.05) is 13.2 Å². The van der Waals surface area contributed by atoms with Crippen LogP contribution in [0.1, 0.15) is 37.3 Å². The van der Waals surface area contributed by atoms with Gasteiger partial charge < -0.3 is 15.6 Å². The van der Waals surface area contributed by atoms with E-state index < -0.39 is 11.4 Å². The Bertz CT molecular complexity index is 569. The van der Waals surface area contributed by atoms with E-state index in [-0.39, 0.29) is 12.3 Å². The first-order valence-electron chi connectivity index (χ1n) is 8.52. The molecule has 0 saturated carbocycles. The molecular formula is C18H25NO4. The van der Waals surface area contributed by atoms with Crippen LogP contribution in [0.4, 0.5) is 0 Å². The van der Waals surface area contributed by atoms with E-state index in [1.165, 1.54) is 0 Å². The fourth-order valence-electron chi connectivity index (χ4n) is 3.23. The van der Waals surface area contributed by atoms with Crippen LogP contribution in [-0.4, -0.2) is 30.2 Å². The van der Waals surface area contributed by atoms with Crippen LogP contribution in [0.2, 0.25) is 1.41 Å². The first-order chi connectivity index (χ1) is 11.4. The van der Waals surface area contributed by atoms with Crippen molar-refractivity contribution in [1.82, 2.24) is 0 Å². The zero-order chi connectivity index (χ0) is 17.6. The van der Waals surface area contributed by atoms with Crippen molar-refractivity contribution in [2.24, 2.45) is 17.1 Å². The van der Waals surface area contributed by atoms with Crippen molar-refractivity contribution in [2.45, 2.75) is 39.0 Å². The third-order valence-corrected chi connectivity index (χ3v) is 4.58. The van der Waals surface area contributed by atoms with Gasteiger partial charge in [-0.3, -0.25) is 9.59 Å². The monoisotopic (exact) mass is 320 g/mol. The lowest BCUT2D eigenvalue weighted by atomic mass is 9.74. The standard InChI is InChI=1S/C18H25NO4/c1-18(17(21)22,12-15-6-8-23-9-7-15)11-14-4-2-13(3-5-14)10-16(19)20/h2-5,15H,6-12H2,1H3,(H2,19,20)(H,21,22)/i/hD. The minimum Gasteiger partial charge on any atom is -0.481 e. The number of carboxylic acids is 1. The molecule has 0 spiro atoms. The first kappa shape index (κ1) is 16.0. The third kappa shape index (κ3) is 5.06. The molecule has 3 N–H and O–H groups in total. The van der Waals surface area contributed by atoms with Crippen LogP contribution in [0, 0.1) is 11.3 Å². The average Bonchev–Trinajstić information content (AvgIpc) is 2.57. The summed E-state index contributed by atoms with van der Waals surface area (Å²) in [4.78, 5) is 23.1. The fraction of sp³-hybridized carbons (Fsp3) is 0.556. The van der Waals surface area contributed by atoms with Crippen molar-refractivity contribution < 1.29 is 20.8 Å². The van der Waals surface area contributed by atoms with Crippen LogP contribution in [-0.2, 0) is 27.2 Å². The van der Waals surface area contributed by atoms with E-state index in [0.717, 1.165) is 24.0 Å². The van der Waals surface area contributed by atoms with Crippen LogP contribution in [0.5, 0.6) is 0 Å². The lowest BCUT2D eigenvalue weighted by Crippen LogP contribution is -2.34. The Hall–Kier alpha value is -1.88. The maximum atomic E-state index is 11.8. The summed E-state index contributed by atoms with van der Waals surface area (Å²) in [6.07, 6.45) is 3.11. The van der Waals surface area contributed by atoms with Crippen molar-refractivity contribution in [3.63, 3.8) is 0 Å². The molecule has 1 aliphatic heterocycles.